The minimum atomic E-state index is -0.710. The van der Waals surface area contributed by atoms with E-state index in [4.69, 9.17) is 0 Å². The number of phenols is 1. The number of nitrogens with one attached hydrogen (secondary N) is 2. The minimum absolute atomic E-state index is 0.00510. The molecule has 0 saturated carbocycles. The number of rotatable bonds is 12. The molecule has 0 spiro atoms. The Labute approximate surface area is 183 Å². The zero-order valence-electron chi connectivity index (χ0n) is 18.2. The Morgan fingerprint density at radius 2 is 1.77 bits per heavy atom. The van der Waals surface area contributed by atoms with Crippen LogP contribution in [0.5, 0.6) is 5.75 Å². The lowest BCUT2D eigenvalue weighted by Crippen LogP contribution is -2.24. The molecule has 0 radical (unpaired) electrons. The molecule has 1 heterocycles. The van der Waals surface area contributed by atoms with E-state index in [0.29, 0.717) is 23.0 Å². The molecule has 6 heteroatoms. The molecule has 0 saturated heterocycles. The van der Waals surface area contributed by atoms with E-state index in [-0.39, 0.29) is 11.3 Å². The number of aliphatic hydroxyl groups excluding tert-OH is 1. The maximum atomic E-state index is 11.5. The molecule has 31 heavy (non-hydrogen) atoms. The van der Waals surface area contributed by atoms with Gasteiger partial charge in [-0.1, -0.05) is 37.1 Å². The van der Waals surface area contributed by atoms with Gasteiger partial charge in [0.15, 0.2) is 0 Å². The van der Waals surface area contributed by atoms with Crippen molar-refractivity contribution in [2.45, 2.75) is 38.7 Å². The largest absolute Gasteiger partial charge is 0.506 e. The number of hydrogen-bond donors (Lipinski definition) is 4. The van der Waals surface area contributed by atoms with Crippen molar-refractivity contribution in [1.82, 2.24) is 10.3 Å². The van der Waals surface area contributed by atoms with E-state index in [2.05, 4.69) is 46.4 Å². The number of nitrogens with zero attached hydrogens (tertiary/aromatic N) is 1. The molecule has 2 aromatic carbocycles. The van der Waals surface area contributed by atoms with Crippen LogP contribution in [-0.4, -0.2) is 41.4 Å². The van der Waals surface area contributed by atoms with Crippen LogP contribution >= 0.6 is 0 Å². The van der Waals surface area contributed by atoms with Crippen LogP contribution in [0, 0.1) is 0 Å². The Kier molecular flexibility index (Phi) is 8.50. The second kappa shape index (κ2) is 11.5. The van der Waals surface area contributed by atoms with Crippen molar-refractivity contribution in [2.75, 3.05) is 31.1 Å². The normalized spacial score (nSPS) is 12.2. The van der Waals surface area contributed by atoms with Crippen LogP contribution in [0.15, 0.2) is 59.4 Å². The summed E-state index contributed by atoms with van der Waals surface area (Å²) in [6, 6.07) is 16.8. The van der Waals surface area contributed by atoms with E-state index in [1.165, 1.54) is 30.7 Å². The molecule has 166 valence electrons. The Balaban J connectivity index is 1.36. The number of phenolic OH excluding ortho intramolecular Hbond substituents is 1. The van der Waals surface area contributed by atoms with Gasteiger partial charge in [0.05, 0.1) is 11.6 Å². The smallest absolute Gasteiger partial charge is 0.248 e. The van der Waals surface area contributed by atoms with Crippen LogP contribution in [0.25, 0.3) is 10.9 Å². The summed E-state index contributed by atoms with van der Waals surface area (Å²) in [6.07, 6.45) is 3.86. The second-order valence-corrected chi connectivity index (χ2v) is 7.83. The predicted octanol–water partition coefficient (Wildman–Crippen LogP) is 3.94. The molecule has 3 rings (SSSR count). The van der Waals surface area contributed by atoms with Crippen molar-refractivity contribution >= 4 is 16.6 Å². The predicted molar refractivity (Wildman–Crippen MR) is 127 cm³/mol. The number of benzene rings is 2. The van der Waals surface area contributed by atoms with Gasteiger partial charge in [0.1, 0.15) is 5.75 Å². The number of pyridine rings is 1. The first-order chi connectivity index (χ1) is 15.1. The molecule has 1 atom stereocenters. The Bertz CT molecular complexity index is 1000. The van der Waals surface area contributed by atoms with Crippen LogP contribution in [0.2, 0.25) is 0 Å². The first-order valence-electron chi connectivity index (χ1n) is 11.1. The summed E-state index contributed by atoms with van der Waals surface area (Å²) in [4.78, 5) is 16.6. The zero-order valence-corrected chi connectivity index (χ0v) is 18.2. The summed E-state index contributed by atoms with van der Waals surface area (Å²) in [5.74, 6) is 0.00510. The molecule has 0 aliphatic rings. The number of aliphatic hydroxyl groups is 1. The van der Waals surface area contributed by atoms with Crippen LogP contribution in [0.1, 0.15) is 44.3 Å². The molecular formula is C25H33N3O3. The van der Waals surface area contributed by atoms with Crippen molar-refractivity contribution in [2.24, 2.45) is 0 Å². The maximum Gasteiger partial charge on any atom is 0.248 e. The molecule has 0 aliphatic heterocycles. The molecule has 0 amide bonds. The molecular weight excluding hydrogens is 390 g/mol. The fourth-order valence-electron chi connectivity index (χ4n) is 3.91. The molecule has 0 fully saturated rings. The van der Waals surface area contributed by atoms with E-state index < -0.39 is 6.10 Å². The quantitative estimate of drug-likeness (QED) is 0.331. The van der Waals surface area contributed by atoms with Gasteiger partial charge in [0.25, 0.3) is 0 Å². The molecule has 3 aromatic rings. The first-order valence-corrected chi connectivity index (χ1v) is 11.1. The number of para-hydroxylation sites is 1. The van der Waals surface area contributed by atoms with Gasteiger partial charge in [0, 0.05) is 36.8 Å². The molecule has 0 aliphatic carbocycles. The van der Waals surface area contributed by atoms with Gasteiger partial charge in [-0.15, -0.1) is 0 Å². The second-order valence-electron chi connectivity index (χ2n) is 7.83. The van der Waals surface area contributed by atoms with E-state index in [0.717, 1.165) is 32.5 Å². The average molecular weight is 424 g/mol. The van der Waals surface area contributed by atoms with Crippen molar-refractivity contribution in [3.63, 3.8) is 0 Å². The van der Waals surface area contributed by atoms with E-state index in [1.807, 2.05) is 6.07 Å². The van der Waals surface area contributed by atoms with Gasteiger partial charge in [-0.2, -0.15) is 0 Å². The molecule has 6 nitrogen and oxygen atoms in total. The highest BCUT2D eigenvalue weighted by atomic mass is 16.3. The lowest BCUT2D eigenvalue weighted by atomic mass is 10.0. The van der Waals surface area contributed by atoms with Crippen LogP contribution in [0.3, 0.4) is 0 Å². The summed E-state index contributed by atoms with van der Waals surface area (Å²) in [5.41, 5.74) is 2.06. The van der Waals surface area contributed by atoms with Gasteiger partial charge in [-0.25, -0.2) is 0 Å². The van der Waals surface area contributed by atoms with E-state index in [9.17, 15) is 15.0 Å². The third-order valence-corrected chi connectivity index (χ3v) is 5.64. The summed E-state index contributed by atoms with van der Waals surface area (Å²) >= 11 is 0. The highest BCUT2D eigenvalue weighted by molar-refractivity contribution is 5.87. The zero-order chi connectivity index (χ0) is 22.1. The monoisotopic (exact) mass is 423 g/mol. The van der Waals surface area contributed by atoms with Gasteiger partial charge < -0.3 is 25.4 Å². The first kappa shape index (κ1) is 22.8. The SMILES string of the molecule is CCN(CCCCCCNCC(O)c1ccc(O)c2[nH]c(=O)ccc12)c1ccccc1. The number of fused-ring (bicyclic) bond motifs is 1. The summed E-state index contributed by atoms with van der Waals surface area (Å²) < 4.78 is 0. The van der Waals surface area contributed by atoms with E-state index >= 15 is 0 Å². The molecule has 1 unspecified atom stereocenters. The Morgan fingerprint density at radius 1 is 1.00 bits per heavy atom. The van der Waals surface area contributed by atoms with Crippen LogP contribution in [0.4, 0.5) is 5.69 Å². The number of anilines is 1. The van der Waals surface area contributed by atoms with Crippen molar-refractivity contribution in [1.29, 1.82) is 0 Å². The molecule has 4 N–H and O–H groups in total. The Hall–Kier alpha value is -2.83. The van der Waals surface area contributed by atoms with Crippen molar-refractivity contribution in [3.05, 3.63) is 70.5 Å². The number of aromatic amines is 1. The third-order valence-electron chi connectivity index (χ3n) is 5.64. The number of H-pyrrole nitrogens is 1. The Morgan fingerprint density at radius 3 is 2.55 bits per heavy atom. The lowest BCUT2D eigenvalue weighted by Gasteiger charge is -2.23. The maximum absolute atomic E-state index is 11.5. The van der Waals surface area contributed by atoms with Gasteiger partial charge in [-0.05, 0) is 56.1 Å². The number of unbranched alkanes of at least 4 members (excludes halogenated alkanes) is 3. The van der Waals surface area contributed by atoms with Crippen molar-refractivity contribution < 1.29 is 10.2 Å². The van der Waals surface area contributed by atoms with Gasteiger partial charge in [-0.3, -0.25) is 4.79 Å². The number of aromatic nitrogens is 1. The fraction of sp³-hybridized carbons (Fsp3) is 0.400. The van der Waals surface area contributed by atoms with Gasteiger partial charge >= 0.3 is 0 Å². The molecule has 1 aromatic heterocycles. The third kappa shape index (κ3) is 6.32. The molecule has 0 bridgehead atoms. The number of hydrogen-bond acceptors (Lipinski definition) is 5. The van der Waals surface area contributed by atoms with Crippen LogP contribution in [-0.2, 0) is 0 Å². The lowest BCUT2D eigenvalue weighted by molar-refractivity contribution is 0.176. The fourth-order valence-corrected chi connectivity index (χ4v) is 3.91. The highest BCUT2D eigenvalue weighted by Crippen LogP contribution is 2.28. The summed E-state index contributed by atoms with van der Waals surface area (Å²) in [6.45, 7) is 5.56. The van der Waals surface area contributed by atoms with Gasteiger partial charge in [0.2, 0.25) is 5.56 Å². The summed E-state index contributed by atoms with van der Waals surface area (Å²) in [7, 11) is 0. The standard InChI is InChI=1S/C25H33N3O3/c1-2-28(19-10-6-5-7-11-19)17-9-4-3-8-16-26-18-23(30)20-12-14-22(29)25-21(20)13-15-24(31)27-25/h5-7,10-15,23,26,29-30H,2-4,8-9,16-18H2,1H3,(H,27,31). The highest BCUT2D eigenvalue weighted by Gasteiger charge is 2.13. The van der Waals surface area contributed by atoms with Crippen molar-refractivity contribution in [3.8, 4) is 5.75 Å². The average Bonchev–Trinajstić information content (AvgIpc) is 2.79. The number of aromatic hydroxyl groups is 1. The minimum Gasteiger partial charge on any atom is -0.506 e. The summed E-state index contributed by atoms with van der Waals surface area (Å²) in [5, 5.41) is 24.5. The topological polar surface area (TPSA) is 88.6 Å². The van der Waals surface area contributed by atoms with E-state index in [1.54, 1.807) is 12.1 Å². The van der Waals surface area contributed by atoms with Crippen LogP contribution < -0.4 is 15.8 Å².